The van der Waals surface area contributed by atoms with Crippen LogP contribution in [0.2, 0.25) is 10.0 Å². The van der Waals surface area contributed by atoms with Crippen LogP contribution in [0.1, 0.15) is 0 Å². The minimum Gasteiger partial charge on any atom is -0.386 e. The van der Waals surface area contributed by atoms with Gasteiger partial charge in [0.05, 0.1) is 21.6 Å². The number of hydrogen-bond acceptors (Lipinski definition) is 1. The van der Waals surface area contributed by atoms with Crippen LogP contribution in [0.25, 0.3) is 0 Å². The Morgan fingerprint density at radius 2 is 2.00 bits per heavy atom. The SMILES string of the molecule is NC(CCl)=Nc1cc(Cl)c(Br)cc1Cl. The second-order valence-corrected chi connectivity index (χ2v) is 4.39. The topological polar surface area (TPSA) is 38.4 Å². The van der Waals surface area contributed by atoms with Gasteiger partial charge < -0.3 is 5.73 Å². The fourth-order valence-electron chi connectivity index (χ4n) is 0.782. The van der Waals surface area contributed by atoms with Crippen molar-refractivity contribution in [1.82, 2.24) is 0 Å². The highest BCUT2D eigenvalue weighted by Gasteiger charge is 2.04. The number of nitrogens with zero attached hydrogens (tertiary/aromatic N) is 1. The van der Waals surface area contributed by atoms with E-state index in [0.717, 1.165) is 0 Å². The van der Waals surface area contributed by atoms with Crippen molar-refractivity contribution in [1.29, 1.82) is 0 Å². The number of alkyl halides is 1. The lowest BCUT2D eigenvalue weighted by molar-refractivity contribution is 1.44. The fourth-order valence-corrected chi connectivity index (χ4v) is 1.68. The third-order valence-electron chi connectivity index (χ3n) is 1.39. The molecule has 0 saturated heterocycles. The first-order valence-corrected chi connectivity index (χ1v) is 5.66. The summed E-state index contributed by atoms with van der Waals surface area (Å²) < 4.78 is 0.715. The highest BCUT2D eigenvalue weighted by molar-refractivity contribution is 9.10. The summed E-state index contributed by atoms with van der Waals surface area (Å²) in [7, 11) is 0. The molecule has 0 atom stereocenters. The number of aliphatic imine (C=N–C) groups is 1. The molecule has 0 bridgehead atoms. The van der Waals surface area contributed by atoms with E-state index >= 15 is 0 Å². The predicted octanol–water partition coefficient (Wildman–Crippen LogP) is 3.98. The van der Waals surface area contributed by atoms with Gasteiger partial charge in [0.15, 0.2) is 0 Å². The van der Waals surface area contributed by atoms with E-state index in [9.17, 15) is 0 Å². The van der Waals surface area contributed by atoms with Crippen LogP contribution in [0.15, 0.2) is 21.6 Å². The van der Waals surface area contributed by atoms with Crippen molar-refractivity contribution in [3.63, 3.8) is 0 Å². The van der Waals surface area contributed by atoms with Gasteiger partial charge in [-0.15, -0.1) is 11.6 Å². The molecule has 1 aromatic rings. The zero-order valence-electron chi connectivity index (χ0n) is 6.90. The molecular weight excluding hydrogens is 310 g/mol. The molecular formula is C8H6BrCl3N2. The van der Waals surface area contributed by atoms with Crippen molar-refractivity contribution < 1.29 is 0 Å². The van der Waals surface area contributed by atoms with Gasteiger partial charge in [0, 0.05) is 4.47 Å². The Hall–Kier alpha value is 0.0400. The van der Waals surface area contributed by atoms with E-state index in [2.05, 4.69) is 20.9 Å². The standard InChI is InChI=1S/C8H6BrCl3N2/c9-4-1-6(12)7(2-5(4)11)14-8(13)3-10/h1-2H,3H2,(H2,13,14). The van der Waals surface area contributed by atoms with Crippen LogP contribution in [0.5, 0.6) is 0 Å². The second-order valence-electron chi connectivity index (χ2n) is 2.45. The molecule has 0 spiro atoms. The van der Waals surface area contributed by atoms with E-state index in [1.54, 1.807) is 12.1 Å². The average Bonchev–Trinajstić information content (AvgIpc) is 2.14. The third-order valence-corrected chi connectivity index (χ3v) is 3.16. The molecule has 0 aromatic heterocycles. The third kappa shape index (κ3) is 3.02. The maximum atomic E-state index is 5.91. The first-order chi connectivity index (χ1) is 6.54. The molecule has 0 saturated carbocycles. The summed E-state index contributed by atoms with van der Waals surface area (Å²) in [6, 6.07) is 3.28. The minimum absolute atomic E-state index is 0.157. The lowest BCUT2D eigenvalue weighted by Crippen LogP contribution is -2.12. The normalized spacial score (nSPS) is 11.9. The highest BCUT2D eigenvalue weighted by Crippen LogP contribution is 2.34. The highest BCUT2D eigenvalue weighted by atomic mass is 79.9. The molecule has 6 heteroatoms. The number of nitrogens with two attached hydrogens (primary N) is 1. The van der Waals surface area contributed by atoms with Crippen molar-refractivity contribution >= 4 is 62.3 Å². The quantitative estimate of drug-likeness (QED) is 0.381. The van der Waals surface area contributed by atoms with Crippen molar-refractivity contribution in [2.75, 3.05) is 5.88 Å². The molecule has 14 heavy (non-hydrogen) atoms. The largest absolute Gasteiger partial charge is 0.386 e. The molecule has 76 valence electrons. The van der Waals surface area contributed by atoms with Gasteiger partial charge in [0.2, 0.25) is 0 Å². The Labute approximate surface area is 105 Å². The van der Waals surface area contributed by atoms with Crippen LogP contribution in [0.3, 0.4) is 0 Å². The van der Waals surface area contributed by atoms with Crippen LogP contribution < -0.4 is 5.73 Å². The van der Waals surface area contributed by atoms with Crippen molar-refractivity contribution in [3.05, 3.63) is 26.7 Å². The van der Waals surface area contributed by atoms with Crippen molar-refractivity contribution in [3.8, 4) is 0 Å². The van der Waals surface area contributed by atoms with E-state index < -0.39 is 0 Å². The Kier molecular flexibility index (Phi) is 4.51. The van der Waals surface area contributed by atoms with Crippen LogP contribution in [0.4, 0.5) is 5.69 Å². The maximum absolute atomic E-state index is 5.91. The van der Waals surface area contributed by atoms with E-state index in [1.807, 2.05) is 0 Å². The molecule has 0 amide bonds. The van der Waals surface area contributed by atoms with Crippen LogP contribution in [-0.4, -0.2) is 11.7 Å². The van der Waals surface area contributed by atoms with Gasteiger partial charge in [-0.1, -0.05) is 23.2 Å². The molecule has 0 aliphatic rings. The molecule has 2 nitrogen and oxygen atoms in total. The average molecular weight is 316 g/mol. The summed E-state index contributed by atoms with van der Waals surface area (Å²) in [6.07, 6.45) is 0. The first kappa shape index (κ1) is 12.1. The molecule has 1 aromatic carbocycles. The number of benzene rings is 1. The smallest absolute Gasteiger partial charge is 0.115 e. The predicted molar refractivity (Wildman–Crippen MR) is 66.2 cm³/mol. The Morgan fingerprint density at radius 1 is 1.36 bits per heavy atom. The summed E-state index contributed by atoms with van der Waals surface area (Å²) in [6.45, 7) is 0. The summed E-state index contributed by atoms with van der Waals surface area (Å²) in [5, 5.41) is 0.991. The zero-order valence-corrected chi connectivity index (χ0v) is 10.8. The van der Waals surface area contributed by atoms with Gasteiger partial charge in [0.25, 0.3) is 0 Å². The van der Waals surface area contributed by atoms with Crippen LogP contribution in [0, 0.1) is 0 Å². The van der Waals surface area contributed by atoms with Gasteiger partial charge in [-0.05, 0) is 28.1 Å². The van der Waals surface area contributed by atoms with Gasteiger partial charge in [-0.3, -0.25) is 0 Å². The summed E-state index contributed by atoms with van der Waals surface area (Å²) in [5.41, 5.74) is 5.98. The molecule has 2 N–H and O–H groups in total. The van der Waals surface area contributed by atoms with Crippen LogP contribution >= 0.6 is 50.7 Å². The molecule has 1 rings (SSSR count). The first-order valence-electron chi connectivity index (χ1n) is 3.58. The van der Waals surface area contributed by atoms with Gasteiger partial charge in [-0.2, -0.15) is 0 Å². The maximum Gasteiger partial charge on any atom is 0.115 e. The van der Waals surface area contributed by atoms with Crippen molar-refractivity contribution in [2.45, 2.75) is 0 Å². The zero-order chi connectivity index (χ0) is 10.7. The van der Waals surface area contributed by atoms with E-state index in [4.69, 9.17) is 40.5 Å². The molecule has 0 heterocycles. The lowest BCUT2D eigenvalue weighted by Gasteiger charge is -2.02. The van der Waals surface area contributed by atoms with Crippen LogP contribution in [-0.2, 0) is 0 Å². The van der Waals surface area contributed by atoms with Gasteiger partial charge in [-0.25, -0.2) is 4.99 Å². The minimum atomic E-state index is 0.157. The van der Waals surface area contributed by atoms with E-state index in [1.165, 1.54) is 0 Å². The Bertz CT molecular complexity index is 379. The molecule has 0 aliphatic carbocycles. The molecule has 0 fully saturated rings. The number of rotatable bonds is 2. The lowest BCUT2D eigenvalue weighted by atomic mass is 10.3. The number of amidine groups is 1. The molecule has 0 radical (unpaired) electrons. The summed E-state index contributed by atoms with van der Waals surface area (Å²) >= 11 is 20.5. The number of halogens is 4. The summed E-state index contributed by atoms with van der Waals surface area (Å²) in [4.78, 5) is 4.00. The molecule has 0 unspecified atom stereocenters. The summed E-state index contributed by atoms with van der Waals surface area (Å²) in [5.74, 6) is 0.455. The van der Waals surface area contributed by atoms with Gasteiger partial charge >= 0.3 is 0 Å². The number of hydrogen-bond donors (Lipinski definition) is 1. The van der Waals surface area contributed by atoms with Gasteiger partial charge in [0.1, 0.15) is 5.84 Å². The fraction of sp³-hybridized carbons (Fsp3) is 0.125. The van der Waals surface area contributed by atoms with E-state index in [0.29, 0.717) is 26.0 Å². The van der Waals surface area contributed by atoms with E-state index in [-0.39, 0.29) is 5.88 Å². The second kappa shape index (κ2) is 5.21. The Balaban J connectivity index is 3.16. The Morgan fingerprint density at radius 3 is 2.57 bits per heavy atom. The molecule has 0 aliphatic heterocycles. The monoisotopic (exact) mass is 314 g/mol. The van der Waals surface area contributed by atoms with Crippen molar-refractivity contribution in [2.24, 2.45) is 10.7 Å².